The first kappa shape index (κ1) is 30.8. The minimum absolute atomic E-state index is 0.126. The molecule has 8 nitrogen and oxygen atoms in total. The van der Waals surface area contributed by atoms with Crippen molar-refractivity contribution >= 4 is 17.8 Å². The number of nitrogens with one attached hydrogen (secondary N) is 1. The van der Waals surface area contributed by atoms with Crippen molar-refractivity contribution in [2.45, 2.75) is 86.4 Å². The van der Waals surface area contributed by atoms with Crippen molar-refractivity contribution < 1.29 is 19.1 Å². The molecule has 2 rings (SSSR count). The summed E-state index contributed by atoms with van der Waals surface area (Å²) in [6, 6.07) is 7.40. The second-order valence-corrected chi connectivity index (χ2v) is 9.90. The number of imide groups is 1. The number of aryl methyl sites for hydroxylation is 1. The van der Waals surface area contributed by atoms with Crippen LogP contribution in [-0.4, -0.2) is 78.1 Å². The van der Waals surface area contributed by atoms with E-state index in [2.05, 4.69) is 31.0 Å². The summed E-state index contributed by atoms with van der Waals surface area (Å²) in [5, 5.41) is 3.05. The Morgan fingerprint density at radius 2 is 1.62 bits per heavy atom. The quantitative estimate of drug-likeness (QED) is 0.341. The number of β-lactam (4-membered cyclic amide) rings is 1. The highest BCUT2D eigenvalue weighted by atomic mass is 16.5. The van der Waals surface area contributed by atoms with Crippen LogP contribution in [0.15, 0.2) is 24.3 Å². The monoisotopic (exact) mass is 516 g/mol. The summed E-state index contributed by atoms with van der Waals surface area (Å²) in [7, 11) is 0. The van der Waals surface area contributed by atoms with E-state index in [4.69, 9.17) is 4.74 Å². The van der Waals surface area contributed by atoms with Crippen molar-refractivity contribution in [2.75, 3.05) is 39.3 Å². The first-order chi connectivity index (χ1) is 17.7. The molecule has 1 heterocycles. The molecular formula is C29H48N4O4. The molecule has 4 amide bonds. The molecule has 0 radical (unpaired) electrons. The Hall–Kier alpha value is -2.45. The highest BCUT2D eigenvalue weighted by Crippen LogP contribution is 2.46. The van der Waals surface area contributed by atoms with Crippen molar-refractivity contribution in [2.24, 2.45) is 5.41 Å². The van der Waals surface area contributed by atoms with Gasteiger partial charge in [-0.25, -0.2) is 9.69 Å². The van der Waals surface area contributed by atoms with Gasteiger partial charge in [-0.15, -0.1) is 0 Å². The second kappa shape index (κ2) is 14.5. The van der Waals surface area contributed by atoms with Gasteiger partial charge in [0.05, 0.1) is 11.5 Å². The first-order valence-corrected chi connectivity index (χ1v) is 14.0. The van der Waals surface area contributed by atoms with Gasteiger partial charge in [0, 0.05) is 19.6 Å². The summed E-state index contributed by atoms with van der Waals surface area (Å²) in [6.45, 7) is 17.8. The Morgan fingerprint density at radius 3 is 2.14 bits per heavy atom. The number of likely N-dealkylation sites (N-methyl/N-ethyl adjacent to an activating group) is 2. The second-order valence-electron chi connectivity index (χ2n) is 9.90. The molecule has 0 aromatic heterocycles. The van der Waals surface area contributed by atoms with Gasteiger partial charge in [-0.2, -0.15) is 0 Å². The zero-order chi connectivity index (χ0) is 27.6. The number of carbonyl (C=O) groups is 3. The van der Waals surface area contributed by atoms with Crippen LogP contribution in [0.1, 0.15) is 84.4 Å². The van der Waals surface area contributed by atoms with E-state index >= 15 is 0 Å². The van der Waals surface area contributed by atoms with Gasteiger partial charge in [0.1, 0.15) is 6.61 Å². The number of benzene rings is 1. The largest absolute Gasteiger partial charge is 0.347 e. The van der Waals surface area contributed by atoms with Crippen LogP contribution in [0.4, 0.5) is 4.79 Å². The summed E-state index contributed by atoms with van der Waals surface area (Å²) in [5.74, 6) is -0.362. The molecule has 2 atom stereocenters. The molecule has 8 heteroatoms. The van der Waals surface area contributed by atoms with Crippen LogP contribution in [0.5, 0.6) is 0 Å². The Morgan fingerprint density at radius 1 is 1.00 bits per heavy atom. The van der Waals surface area contributed by atoms with Crippen molar-refractivity contribution in [3.63, 3.8) is 0 Å². The van der Waals surface area contributed by atoms with Crippen LogP contribution in [-0.2, 0) is 14.3 Å². The zero-order valence-corrected chi connectivity index (χ0v) is 24.0. The summed E-state index contributed by atoms with van der Waals surface area (Å²) in [6.07, 6.45) is 1.96. The van der Waals surface area contributed by atoms with Crippen molar-refractivity contribution in [3.05, 3.63) is 35.4 Å². The molecule has 1 aromatic carbocycles. The number of hydrogen-bond donors (Lipinski definition) is 1. The number of rotatable bonds is 15. The molecule has 1 fully saturated rings. The minimum Gasteiger partial charge on any atom is -0.347 e. The van der Waals surface area contributed by atoms with E-state index in [1.807, 2.05) is 52.0 Å². The fraction of sp³-hybridized carbons (Fsp3) is 0.690. The average molecular weight is 517 g/mol. The van der Waals surface area contributed by atoms with Gasteiger partial charge in [-0.05, 0) is 51.8 Å². The van der Waals surface area contributed by atoms with Crippen LogP contribution < -0.4 is 5.32 Å². The predicted octanol–water partition coefficient (Wildman–Crippen LogP) is 4.73. The van der Waals surface area contributed by atoms with E-state index < -0.39 is 17.7 Å². The minimum atomic E-state index is -0.792. The lowest BCUT2D eigenvalue weighted by Gasteiger charge is -2.53. The fourth-order valence-corrected chi connectivity index (χ4v) is 5.10. The summed E-state index contributed by atoms with van der Waals surface area (Å²) in [4.78, 5) is 44.9. The molecule has 1 saturated heterocycles. The molecule has 1 aliphatic rings. The molecule has 1 aromatic rings. The van der Waals surface area contributed by atoms with E-state index in [0.29, 0.717) is 25.9 Å². The number of urea groups is 1. The highest BCUT2D eigenvalue weighted by Gasteiger charge is 2.62. The van der Waals surface area contributed by atoms with E-state index in [0.717, 1.165) is 43.6 Å². The normalized spacial score (nSPS) is 17.5. The van der Waals surface area contributed by atoms with Gasteiger partial charge in [0.2, 0.25) is 11.8 Å². The van der Waals surface area contributed by atoms with Gasteiger partial charge < -0.3 is 19.9 Å². The SMILES string of the molecule is CCC[C@@H](NC(=O)N1C(=O)C(CC)(CC)[C@@H]1OCC(=O)N(CC)CCN(CC)CC)c1ccc(C)cc1. The first-order valence-electron chi connectivity index (χ1n) is 14.0. The van der Waals surface area contributed by atoms with E-state index in [1.165, 1.54) is 4.90 Å². The van der Waals surface area contributed by atoms with Crippen molar-refractivity contribution in [3.8, 4) is 0 Å². The topological polar surface area (TPSA) is 82.2 Å². The summed E-state index contributed by atoms with van der Waals surface area (Å²) in [5.41, 5.74) is 1.36. The van der Waals surface area contributed by atoms with Crippen LogP contribution in [0.25, 0.3) is 0 Å². The summed E-state index contributed by atoms with van der Waals surface area (Å²) < 4.78 is 6.09. The smallest absolute Gasteiger partial charge is 0.326 e. The van der Waals surface area contributed by atoms with Crippen LogP contribution in [0.3, 0.4) is 0 Å². The maximum absolute atomic E-state index is 13.4. The number of amides is 4. The molecule has 0 saturated carbocycles. The van der Waals surface area contributed by atoms with E-state index in [9.17, 15) is 14.4 Å². The average Bonchev–Trinajstić information content (AvgIpc) is 2.90. The Labute approximate surface area is 223 Å². The molecule has 0 spiro atoms. The molecular weight excluding hydrogens is 468 g/mol. The molecule has 0 bridgehead atoms. The van der Waals surface area contributed by atoms with Crippen molar-refractivity contribution in [1.29, 1.82) is 0 Å². The third-order valence-electron chi connectivity index (χ3n) is 7.87. The Bertz CT molecular complexity index is 880. The van der Waals surface area contributed by atoms with Gasteiger partial charge in [-0.1, -0.05) is 70.9 Å². The number of hydrogen-bond acceptors (Lipinski definition) is 5. The van der Waals surface area contributed by atoms with E-state index in [1.54, 1.807) is 4.90 Å². The third kappa shape index (κ3) is 7.11. The maximum Gasteiger partial charge on any atom is 0.326 e. The molecule has 0 unspecified atom stereocenters. The maximum atomic E-state index is 13.4. The number of likely N-dealkylation sites (tertiary alicyclic amines) is 1. The predicted molar refractivity (Wildman–Crippen MR) is 147 cm³/mol. The molecule has 0 aliphatic carbocycles. The lowest BCUT2D eigenvalue weighted by Crippen LogP contribution is -2.72. The van der Waals surface area contributed by atoms with Gasteiger partial charge in [-0.3, -0.25) is 9.59 Å². The Balaban J connectivity index is 2.14. The van der Waals surface area contributed by atoms with Crippen LogP contribution in [0.2, 0.25) is 0 Å². The fourth-order valence-electron chi connectivity index (χ4n) is 5.10. The molecule has 1 aliphatic heterocycles. The highest BCUT2D eigenvalue weighted by molar-refractivity contribution is 6.03. The zero-order valence-electron chi connectivity index (χ0n) is 24.0. The van der Waals surface area contributed by atoms with Crippen LogP contribution in [0, 0.1) is 12.3 Å². The summed E-state index contributed by atoms with van der Waals surface area (Å²) >= 11 is 0. The van der Waals surface area contributed by atoms with E-state index in [-0.39, 0.29) is 24.5 Å². The van der Waals surface area contributed by atoms with Gasteiger partial charge in [0.25, 0.3) is 0 Å². The van der Waals surface area contributed by atoms with Gasteiger partial charge in [0.15, 0.2) is 6.23 Å². The Kier molecular flexibility index (Phi) is 12.0. The lowest BCUT2D eigenvalue weighted by molar-refractivity contribution is -0.212. The number of nitrogens with zero attached hydrogens (tertiary/aromatic N) is 3. The lowest BCUT2D eigenvalue weighted by atomic mass is 9.72. The van der Waals surface area contributed by atoms with Gasteiger partial charge >= 0.3 is 6.03 Å². The molecule has 208 valence electrons. The number of carbonyl (C=O) groups excluding carboxylic acids is 3. The van der Waals surface area contributed by atoms with Crippen molar-refractivity contribution in [1.82, 2.24) is 20.0 Å². The van der Waals surface area contributed by atoms with Crippen LogP contribution >= 0.6 is 0 Å². The number of ether oxygens (including phenoxy) is 1. The molecule has 37 heavy (non-hydrogen) atoms. The third-order valence-corrected chi connectivity index (χ3v) is 7.87. The standard InChI is InChI=1S/C29H48N4O4/c1-8-14-24(23-17-15-22(7)16-18-23)30-28(36)33-26(35)29(9-2,10-3)27(33)37-21-25(34)32(13-6)20-19-31(11-4)12-5/h15-18,24,27H,8-14,19-21H2,1-7H3,(H,30,36)/t24-,27+/m1/s1. The molecule has 1 N–H and O–H groups in total.